The molecule has 0 aliphatic rings. The minimum Gasteiger partial charge on any atom is -0.377 e. The maximum Gasteiger partial charge on any atom is 0.0716 e. The molecule has 0 saturated heterocycles. The lowest BCUT2D eigenvalue weighted by Crippen LogP contribution is -1.97. The van der Waals surface area contributed by atoms with E-state index in [1.807, 2.05) is 6.07 Å². The number of ether oxygens (including phenoxy) is 1. The van der Waals surface area contributed by atoms with Crippen molar-refractivity contribution in [3.05, 3.63) is 70.3 Å². The lowest BCUT2D eigenvalue weighted by molar-refractivity contribution is 0.116. The van der Waals surface area contributed by atoms with Crippen LogP contribution in [-0.2, 0) is 17.8 Å². The Bertz CT molecular complexity index is 563. The summed E-state index contributed by atoms with van der Waals surface area (Å²) < 4.78 is 5.74. The summed E-state index contributed by atoms with van der Waals surface area (Å²) >= 11 is 0. The Morgan fingerprint density at radius 3 is 2.13 bits per heavy atom. The molecule has 0 heterocycles. The molecule has 0 atom stereocenters. The molecular weight excluding hydrogens is 280 g/mol. The van der Waals surface area contributed by atoms with Crippen LogP contribution in [-0.4, -0.2) is 6.61 Å². The van der Waals surface area contributed by atoms with Crippen LogP contribution in [0.4, 0.5) is 0 Å². The van der Waals surface area contributed by atoms with Gasteiger partial charge in [-0.15, -0.1) is 0 Å². The van der Waals surface area contributed by atoms with Crippen molar-refractivity contribution in [3.8, 4) is 0 Å². The normalized spacial score (nSPS) is 10.9. The fourth-order valence-corrected chi connectivity index (χ4v) is 3.23. The van der Waals surface area contributed by atoms with E-state index in [0.29, 0.717) is 0 Å². The van der Waals surface area contributed by atoms with Crippen LogP contribution in [0, 0.1) is 20.8 Å². The highest BCUT2D eigenvalue weighted by Gasteiger charge is 2.03. The molecule has 0 fully saturated rings. The Hall–Kier alpha value is -1.60. The van der Waals surface area contributed by atoms with Gasteiger partial charge in [-0.1, -0.05) is 60.9 Å². The summed E-state index contributed by atoms with van der Waals surface area (Å²) in [5, 5.41) is 0. The van der Waals surface area contributed by atoms with Crippen molar-refractivity contribution in [3.63, 3.8) is 0 Å². The molecule has 0 N–H and O–H groups in total. The van der Waals surface area contributed by atoms with Crippen LogP contribution in [0.1, 0.15) is 53.5 Å². The topological polar surface area (TPSA) is 9.23 Å². The second-order valence-corrected chi connectivity index (χ2v) is 6.58. The summed E-state index contributed by atoms with van der Waals surface area (Å²) in [5.74, 6) is 0. The van der Waals surface area contributed by atoms with Gasteiger partial charge in [-0.25, -0.2) is 0 Å². The minimum atomic E-state index is 0.739. The van der Waals surface area contributed by atoms with E-state index in [4.69, 9.17) is 4.74 Å². The average Bonchev–Trinajstić information content (AvgIpc) is 2.53. The van der Waals surface area contributed by atoms with E-state index in [9.17, 15) is 0 Å². The van der Waals surface area contributed by atoms with Crippen LogP contribution < -0.4 is 0 Å². The zero-order valence-electron chi connectivity index (χ0n) is 14.9. The van der Waals surface area contributed by atoms with Gasteiger partial charge >= 0.3 is 0 Å². The molecule has 0 amide bonds. The number of rotatable bonds is 9. The molecule has 0 bridgehead atoms. The number of unbranched alkanes of at least 4 members (excludes halogenated alkanes) is 3. The summed E-state index contributed by atoms with van der Waals surface area (Å²) in [4.78, 5) is 0. The minimum absolute atomic E-state index is 0.739. The lowest BCUT2D eigenvalue weighted by atomic mass is 9.95. The fourth-order valence-electron chi connectivity index (χ4n) is 3.23. The summed E-state index contributed by atoms with van der Waals surface area (Å²) in [6.45, 7) is 8.28. The van der Waals surface area contributed by atoms with Crippen LogP contribution in [0.15, 0.2) is 42.5 Å². The standard InChI is InChI=1S/C22H30O/c1-18-15-19(2)22(20(3)16-18)13-9-4-5-10-14-23-17-21-11-7-6-8-12-21/h6-8,11-12,15-16H,4-5,9-10,13-14,17H2,1-3H3. The quantitative estimate of drug-likeness (QED) is 0.521. The van der Waals surface area contributed by atoms with Gasteiger partial charge in [0.1, 0.15) is 0 Å². The van der Waals surface area contributed by atoms with Gasteiger partial charge in [0.05, 0.1) is 6.61 Å². The van der Waals surface area contributed by atoms with Crippen molar-refractivity contribution in [1.82, 2.24) is 0 Å². The average molecular weight is 310 g/mol. The first kappa shape index (κ1) is 17.7. The van der Waals surface area contributed by atoms with Crippen LogP contribution in [0.2, 0.25) is 0 Å². The zero-order valence-corrected chi connectivity index (χ0v) is 14.9. The summed E-state index contributed by atoms with van der Waals surface area (Å²) in [5.41, 5.74) is 7.09. The van der Waals surface area contributed by atoms with Gasteiger partial charge in [-0.3, -0.25) is 0 Å². The molecule has 1 heteroatoms. The van der Waals surface area contributed by atoms with Gasteiger partial charge in [0.25, 0.3) is 0 Å². The van der Waals surface area contributed by atoms with Crippen molar-refractivity contribution in [2.24, 2.45) is 0 Å². The van der Waals surface area contributed by atoms with Crippen LogP contribution in [0.3, 0.4) is 0 Å². The second-order valence-electron chi connectivity index (χ2n) is 6.58. The lowest BCUT2D eigenvalue weighted by Gasteiger charge is -2.11. The molecule has 23 heavy (non-hydrogen) atoms. The third kappa shape index (κ3) is 6.19. The highest BCUT2D eigenvalue weighted by molar-refractivity contribution is 5.37. The van der Waals surface area contributed by atoms with Gasteiger partial charge in [0.2, 0.25) is 0 Å². The van der Waals surface area contributed by atoms with Crippen molar-refractivity contribution in [2.45, 2.75) is 59.5 Å². The molecule has 0 radical (unpaired) electrons. The molecule has 0 aliphatic heterocycles. The summed E-state index contributed by atoms with van der Waals surface area (Å²) in [7, 11) is 0. The zero-order chi connectivity index (χ0) is 16.5. The molecule has 1 nitrogen and oxygen atoms in total. The smallest absolute Gasteiger partial charge is 0.0716 e. The van der Waals surface area contributed by atoms with Gasteiger partial charge < -0.3 is 4.74 Å². The molecule has 2 aromatic carbocycles. The highest BCUT2D eigenvalue weighted by atomic mass is 16.5. The molecule has 0 spiro atoms. The van der Waals surface area contributed by atoms with Crippen molar-refractivity contribution >= 4 is 0 Å². The molecule has 0 aliphatic carbocycles. The largest absolute Gasteiger partial charge is 0.377 e. The first-order valence-electron chi connectivity index (χ1n) is 8.85. The van der Waals surface area contributed by atoms with E-state index in [-0.39, 0.29) is 0 Å². The van der Waals surface area contributed by atoms with Gasteiger partial charge in [-0.05, 0) is 62.3 Å². The van der Waals surface area contributed by atoms with Gasteiger partial charge in [-0.2, -0.15) is 0 Å². The third-order valence-electron chi connectivity index (χ3n) is 4.42. The van der Waals surface area contributed by atoms with Crippen molar-refractivity contribution in [2.75, 3.05) is 6.61 Å². The van der Waals surface area contributed by atoms with Crippen LogP contribution in [0.25, 0.3) is 0 Å². The summed E-state index contributed by atoms with van der Waals surface area (Å²) in [6, 6.07) is 15.0. The first-order chi connectivity index (χ1) is 11.2. The molecule has 2 aromatic rings. The maximum atomic E-state index is 5.74. The van der Waals surface area contributed by atoms with E-state index in [1.165, 1.54) is 54.4 Å². The third-order valence-corrected chi connectivity index (χ3v) is 4.42. The first-order valence-corrected chi connectivity index (χ1v) is 8.85. The Morgan fingerprint density at radius 1 is 0.783 bits per heavy atom. The molecule has 2 rings (SSSR count). The van der Waals surface area contributed by atoms with Gasteiger partial charge in [0.15, 0.2) is 0 Å². The molecule has 124 valence electrons. The Kier molecular flexibility index (Phi) is 7.35. The Morgan fingerprint density at radius 2 is 1.43 bits per heavy atom. The Labute approximate surface area is 141 Å². The second kappa shape index (κ2) is 9.52. The number of aryl methyl sites for hydroxylation is 3. The molecule has 0 aromatic heterocycles. The fraction of sp³-hybridized carbons (Fsp3) is 0.455. The van der Waals surface area contributed by atoms with E-state index >= 15 is 0 Å². The van der Waals surface area contributed by atoms with E-state index in [1.54, 1.807) is 5.56 Å². The summed E-state index contributed by atoms with van der Waals surface area (Å²) in [6.07, 6.45) is 6.21. The molecule has 0 saturated carbocycles. The highest BCUT2D eigenvalue weighted by Crippen LogP contribution is 2.19. The predicted molar refractivity (Wildman–Crippen MR) is 98.9 cm³/mol. The number of benzene rings is 2. The van der Waals surface area contributed by atoms with Crippen molar-refractivity contribution in [1.29, 1.82) is 0 Å². The van der Waals surface area contributed by atoms with Crippen LogP contribution in [0.5, 0.6) is 0 Å². The number of hydrogen-bond acceptors (Lipinski definition) is 1. The van der Waals surface area contributed by atoms with Crippen LogP contribution >= 0.6 is 0 Å². The monoisotopic (exact) mass is 310 g/mol. The van der Waals surface area contributed by atoms with E-state index in [2.05, 4.69) is 57.2 Å². The SMILES string of the molecule is Cc1cc(C)c(CCCCCCOCc2ccccc2)c(C)c1. The molecule has 0 unspecified atom stereocenters. The maximum absolute atomic E-state index is 5.74. The van der Waals surface area contributed by atoms with Gasteiger partial charge in [0, 0.05) is 6.61 Å². The molecular formula is C22H30O. The predicted octanol–water partition coefficient (Wildman–Crippen LogP) is 5.93. The van der Waals surface area contributed by atoms with E-state index < -0.39 is 0 Å². The number of hydrogen-bond donors (Lipinski definition) is 0. The van der Waals surface area contributed by atoms with E-state index in [0.717, 1.165) is 13.2 Å². The Balaban J connectivity index is 1.56. The van der Waals surface area contributed by atoms with Crippen molar-refractivity contribution < 1.29 is 4.74 Å².